The van der Waals surface area contributed by atoms with Crippen molar-refractivity contribution in [3.05, 3.63) is 59.9 Å². The monoisotopic (exact) mass is 389 g/mol. The summed E-state index contributed by atoms with van der Waals surface area (Å²) in [7, 11) is 0. The summed E-state index contributed by atoms with van der Waals surface area (Å²) in [6.07, 6.45) is 2.63. The molecule has 0 saturated heterocycles. The first-order valence-electron chi connectivity index (χ1n) is 9.88. The molecule has 0 aliphatic carbocycles. The van der Waals surface area contributed by atoms with Crippen LogP contribution in [0, 0.1) is 0 Å². The van der Waals surface area contributed by atoms with Crippen molar-refractivity contribution in [2.45, 2.75) is 33.1 Å². The summed E-state index contributed by atoms with van der Waals surface area (Å²) < 4.78 is 7.29. The first kappa shape index (κ1) is 18.9. The molecule has 0 spiro atoms. The van der Waals surface area contributed by atoms with E-state index in [9.17, 15) is 4.79 Å². The van der Waals surface area contributed by atoms with Gasteiger partial charge in [0.25, 0.3) is 0 Å². The molecule has 2 heterocycles. The van der Waals surface area contributed by atoms with E-state index in [1.165, 1.54) is 0 Å². The number of carbonyl (C=O) groups excluding carboxylic acids is 1. The van der Waals surface area contributed by atoms with Crippen molar-refractivity contribution in [1.29, 1.82) is 0 Å². The fourth-order valence-corrected chi connectivity index (χ4v) is 3.17. The third-order valence-corrected chi connectivity index (χ3v) is 4.73. The van der Waals surface area contributed by atoms with Gasteiger partial charge in [0.2, 0.25) is 5.65 Å². The maximum absolute atomic E-state index is 12.1. The molecule has 0 bridgehead atoms. The molecule has 29 heavy (non-hydrogen) atoms. The van der Waals surface area contributed by atoms with Crippen molar-refractivity contribution < 1.29 is 9.53 Å². The number of carbonyl (C=O) groups is 1. The van der Waals surface area contributed by atoms with E-state index < -0.39 is 0 Å². The van der Waals surface area contributed by atoms with Crippen molar-refractivity contribution >= 4 is 34.2 Å². The van der Waals surface area contributed by atoms with Gasteiger partial charge in [-0.25, -0.2) is 9.78 Å². The lowest BCUT2D eigenvalue weighted by Crippen LogP contribution is -2.06. The van der Waals surface area contributed by atoms with Crippen LogP contribution in [-0.4, -0.2) is 32.2 Å². The second-order valence-corrected chi connectivity index (χ2v) is 6.77. The van der Waals surface area contributed by atoms with Gasteiger partial charge in [-0.3, -0.25) is 4.40 Å². The number of anilines is 2. The smallest absolute Gasteiger partial charge is 0.338 e. The number of nitrogens with zero attached hydrogens (tertiary/aromatic N) is 4. The Balaban J connectivity index is 1.64. The molecule has 0 aliphatic rings. The Kier molecular flexibility index (Phi) is 5.37. The van der Waals surface area contributed by atoms with Crippen LogP contribution >= 0.6 is 0 Å². The van der Waals surface area contributed by atoms with Crippen molar-refractivity contribution in [1.82, 2.24) is 19.6 Å². The molecule has 0 saturated carbocycles. The number of esters is 1. The van der Waals surface area contributed by atoms with Gasteiger partial charge >= 0.3 is 5.97 Å². The largest absolute Gasteiger partial charge is 0.462 e. The Bertz CT molecular complexity index is 1150. The van der Waals surface area contributed by atoms with Gasteiger partial charge in [0.1, 0.15) is 5.82 Å². The minimum absolute atomic E-state index is 0.304. The lowest BCUT2D eigenvalue weighted by molar-refractivity contribution is 0.0500. The van der Waals surface area contributed by atoms with E-state index in [4.69, 9.17) is 9.72 Å². The summed E-state index contributed by atoms with van der Waals surface area (Å²) in [6, 6.07) is 15.1. The number of para-hydroxylation sites is 2. The zero-order chi connectivity index (χ0) is 20.2. The SMILES string of the molecule is CCCCOC(=O)c1ccc(Nc2nc3ccccc3n3c(CC)nnc23)cc1. The Morgan fingerprint density at radius 2 is 1.86 bits per heavy atom. The predicted octanol–water partition coefficient (Wildman–Crippen LogP) is 4.54. The Morgan fingerprint density at radius 3 is 2.62 bits per heavy atom. The normalized spacial score (nSPS) is 11.1. The standard InChI is InChI=1S/C22H23N5O2/c1-3-5-14-29-22(28)15-10-12-16(13-11-15)23-20-21-26-25-19(4-2)27(21)18-9-7-6-8-17(18)24-20/h6-13H,3-5,14H2,1-2H3,(H,23,24). The number of hydrogen-bond acceptors (Lipinski definition) is 6. The molecule has 0 amide bonds. The highest BCUT2D eigenvalue weighted by Crippen LogP contribution is 2.25. The first-order chi connectivity index (χ1) is 14.2. The van der Waals surface area contributed by atoms with Crippen LogP contribution in [-0.2, 0) is 11.2 Å². The third kappa shape index (κ3) is 3.76. The zero-order valence-corrected chi connectivity index (χ0v) is 16.6. The van der Waals surface area contributed by atoms with Crippen LogP contribution in [0.5, 0.6) is 0 Å². The second-order valence-electron chi connectivity index (χ2n) is 6.77. The fourth-order valence-electron chi connectivity index (χ4n) is 3.17. The molecule has 4 rings (SSSR count). The number of unbranched alkanes of at least 4 members (excludes halogenated alkanes) is 1. The van der Waals surface area contributed by atoms with Gasteiger partial charge in [-0.15, -0.1) is 10.2 Å². The fraction of sp³-hybridized carbons (Fsp3) is 0.273. The maximum atomic E-state index is 12.1. The average molecular weight is 389 g/mol. The molecule has 7 heteroatoms. The van der Waals surface area contributed by atoms with Crippen LogP contribution in [0.25, 0.3) is 16.7 Å². The van der Waals surface area contributed by atoms with Crippen molar-refractivity contribution in [2.24, 2.45) is 0 Å². The van der Waals surface area contributed by atoms with E-state index in [1.54, 1.807) is 12.1 Å². The minimum atomic E-state index is -0.304. The summed E-state index contributed by atoms with van der Waals surface area (Å²) in [5.74, 6) is 1.20. The van der Waals surface area contributed by atoms with Crippen molar-refractivity contribution in [3.8, 4) is 0 Å². The topological polar surface area (TPSA) is 81.4 Å². The molecule has 4 aromatic rings. The molecule has 7 nitrogen and oxygen atoms in total. The van der Waals surface area contributed by atoms with Gasteiger partial charge in [0, 0.05) is 12.1 Å². The van der Waals surface area contributed by atoms with E-state index in [1.807, 2.05) is 40.8 Å². The van der Waals surface area contributed by atoms with Crippen LogP contribution in [0.1, 0.15) is 42.9 Å². The zero-order valence-electron chi connectivity index (χ0n) is 16.6. The van der Waals surface area contributed by atoms with Gasteiger partial charge < -0.3 is 10.1 Å². The number of fused-ring (bicyclic) bond motifs is 3. The predicted molar refractivity (Wildman–Crippen MR) is 113 cm³/mol. The molecular formula is C22H23N5O2. The van der Waals surface area contributed by atoms with Crippen LogP contribution in [0.2, 0.25) is 0 Å². The van der Waals surface area contributed by atoms with Gasteiger partial charge in [0.15, 0.2) is 5.82 Å². The van der Waals surface area contributed by atoms with Crippen molar-refractivity contribution in [2.75, 3.05) is 11.9 Å². The van der Waals surface area contributed by atoms with Crippen LogP contribution in [0.4, 0.5) is 11.5 Å². The van der Waals surface area contributed by atoms with Crippen molar-refractivity contribution in [3.63, 3.8) is 0 Å². The highest BCUT2D eigenvalue weighted by atomic mass is 16.5. The van der Waals surface area contributed by atoms with Gasteiger partial charge in [-0.05, 0) is 42.8 Å². The first-order valence-corrected chi connectivity index (χ1v) is 9.88. The molecule has 0 atom stereocenters. The summed E-state index contributed by atoms with van der Waals surface area (Å²) in [5, 5.41) is 12.0. The number of nitrogens with one attached hydrogen (secondary N) is 1. The quantitative estimate of drug-likeness (QED) is 0.369. The Hall–Kier alpha value is -3.48. The highest BCUT2D eigenvalue weighted by Gasteiger charge is 2.14. The molecule has 2 aromatic carbocycles. The number of hydrogen-bond donors (Lipinski definition) is 1. The Labute approximate surface area is 168 Å². The molecule has 1 N–H and O–H groups in total. The summed E-state index contributed by atoms with van der Waals surface area (Å²) in [4.78, 5) is 16.8. The molecule has 148 valence electrons. The van der Waals surface area contributed by atoms with E-state index >= 15 is 0 Å². The maximum Gasteiger partial charge on any atom is 0.338 e. The van der Waals surface area contributed by atoms with Crippen LogP contribution < -0.4 is 5.32 Å². The molecule has 0 radical (unpaired) electrons. The molecule has 0 aliphatic heterocycles. The number of aryl methyl sites for hydroxylation is 1. The van der Waals surface area contributed by atoms with Gasteiger partial charge in [0.05, 0.1) is 23.2 Å². The van der Waals surface area contributed by atoms with E-state index in [-0.39, 0.29) is 5.97 Å². The number of benzene rings is 2. The number of ether oxygens (including phenoxy) is 1. The summed E-state index contributed by atoms with van der Waals surface area (Å²) in [5.41, 5.74) is 3.83. The van der Waals surface area contributed by atoms with E-state index in [0.29, 0.717) is 23.6 Å². The third-order valence-electron chi connectivity index (χ3n) is 4.73. The highest BCUT2D eigenvalue weighted by molar-refractivity contribution is 5.90. The molecule has 0 fully saturated rings. The lowest BCUT2D eigenvalue weighted by Gasteiger charge is -2.10. The molecule has 2 aromatic heterocycles. The van der Waals surface area contributed by atoms with Crippen LogP contribution in [0.3, 0.4) is 0 Å². The summed E-state index contributed by atoms with van der Waals surface area (Å²) >= 11 is 0. The number of aromatic nitrogens is 4. The summed E-state index contributed by atoms with van der Waals surface area (Å²) in [6.45, 7) is 4.56. The molecule has 0 unspecified atom stereocenters. The Morgan fingerprint density at radius 1 is 1.07 bits per heavy atom. The van der Waals surface area contributed by atoms with Crippen LogP contribution in [0.15, 0.2) is 48.5 Å². The minimum Gasteiger partial charge on any atom is -0.462 e. The average Bonchev–Trinajstić information content (AvgIpc) is 3.19. The van der Waals surface area contributed by atoms with Gasteiger partial charge in [-0.1, -0.05) is 32.4 Å². The van der Waals surface area contributed by atoms with E-state index in [2.05, 4.69) is 29.4 Å². The number of rotatable bonds is 7. The van der Waals surface area contributed by atoms with Gasteiger partial charge in [-0.2, -0.15) is 0 Å². The lowest BCUT2D eigenvalue weighted by atomic mass is 10.2. The second kappa shape index (κ2) is 8.26. The molecular weight excluding hydrogens is 366 g/mol. The van der Waals surface area contributed by atoms with E-state index in [0.717, 1.165) is 41.8 Å².